The highest BCUT2D eigenvalue weighted by molar-refractivity contribution is 6.01. The molecule has 1 N–H and O–H groups in total. The van der Waals surface area contributed by atoms with Gasteiger partial charge >= 0.3 is 0 Å². The summed E-state index contributed by atoms with van der Waals surface area (Å²) >= 11 is 0. The summed E-state index contributed by atoms with van der Waals surface area (Å²) in [4.78, 5) is 12.9. The van der Waals surface area contributed by atoms with Crippen molar-refractivity contribution in [2.75, 3.05) is 27.9 Å². The van der Waals surface area contributed by atoms with Crippen molar-refractivity contribution >= 4 is 5.78 Å². The van der Waals surface area contributed by atoms with Crippen LogP contribution in [-0.4, -0.2) is 39.8 Å². The zero-order valence-corrected chi connectivity index (χ0v) is 14.4. The third kappa shape index (κ3) is 3.45. The number of hydrogen-bond donors (Lipinski definition) is 1. The Hall–Kier alpha value is -2.57. The summed E-state index contributed by atoms with van der Waals surface area (Å²) in [6, 6.07) is 12.6. The van der Waals surface area contributed by atoms with Gasteiger partial charge in [-0.2, -0.15) is 0 Å². The highest BCUT2D eigenvalue weighted by atomic mass is 16.5. The van der Waals surface area contributed by atoms with Gasteiger partial charge in [-0.25, -0.2) is 0 Å². The van der Waals surface area contributed by atoms with Crippen molar-refractivity contribution in [2.45, 2.75) is 12.3 Å². The Morgan fingerprint density at radius 2 is 1.68 bits per heavy atom. The molecule has 6 nitrogen and oxygen atoms in total. The molecule has 0 aromatic heterocycles. The number of nitrogens with one attached hydrogen (secondary N) is 1. The van der Waals surface area contributed by atoms with Crippen LogP contribution in [0.25, 0.3) is 0 Å². The van der Waals surface area contributed by atoms with Crippen LogP contribution in [0.5, 0.6) is 17.2 Å². The molecule has 2 atom stereocenters. The molecule has 25 heavy (non-hydrogen) atoms. The van der Waals surface area contributed by atoms with Gasteiger partial charge in [0.2, 0.25) is 5.75 Å². The lowest BCUT2D eigenvalue weighted by atomic mass is 10.0. The summed E-state index contributed by atoms with van der Waals surface area (Å²) in [5.41, 5.74) is 1.46. The van der Waals surface area contributed by atoms with Gasteiger partial charge in [0.15, 0.2) is 17.3 Å². The second-order valence-corrected chi connectivity index (χ2v) is 5.62. The van der Waals surface area contributed by atoms with Gasteiger partial charge in [0.25, 0.3) is 0 Å². The first-order chi connectivity index (χ1) is 12.2. The average Bonchev–Trinajstić information content (AvgIpc) is 3.17. The number of carbonyl (C=O) groups is 1. The molecule has 1 saturated heterocycles. The van der Waals surface area contributed by atoms with Crippen LogP contribution in [0.3, 0.4) is 0 Å². The van der Waals surface area contributed by atoms with Crippen LogP contribution in [0.1, 0.15) is 22.1 Å². The van der Waals surface area contributed by atoms with Gasteiger partial charge in [0.1, 0.15) is 6.23 Å². The van der Waals surface area contributed by atoms with Crippen molar-refractivity contribution in [1.29, 1.82) is 0 Å². The fourth-order valence-electron chi connectivity index (χ4n) is 2.87. The van der Waals surface area contributed by atoms with Gasteiger partial charge in [0, 0.05) is 5.56 Å². The van der Waals surface area contributed by atoms with Gasteiger partial charge in [0.05, 0.1) is 34.0 Å². The standard InChI is InChI=1S/C19H21NO5/c1-22-15-9-13(10-16(23-2)18(15)24-3)17(21)14-11-25-19(20-14)12-7-5-4-6-8-12/h4-10,14,19-20H,11H2,1-3H3. The number of ketones is 1. The molecule has 0 saturated carbocycles. The van der Waals surface area contributed by atoms with E-state index < -0.39 is 6.04 Å². The summed E-state index contributed by atoms with van der Waals surface area (Å²) in [6.45, 7) is 0.301. The summed E-state index contributed by atoms with van der Waals surface area (Å²) < 4.78 is 21.7. The summed E-state index contributed by atoms with van der Waals surface area (Å²) in [6.07, 6.45) is -0.294. The molecule has 3 rings (SSSR count). The summed E-state index contributed by atoms with van der Waals surface area (Å²) in [5.74, 6) is 1.27. The first-order valence-electron chi connectivity index (χ1n) is 7.94. The van der Waals surface area contributed by atoms with E-state index in [1.54, 1.807) is 12.1 Å². The minimum absolute atomic E-state index is 0.0855. The van der Waals surface area contributed by atoms with Crippen LogP contribution in [-0.2, 0) is 4.74 Å². The van der Waals surface area contributed by atoms with Gasteiger partial charge in [-0.15, -0.1) is 0 Å². The highest BCUT2D eigenvalue weighted by Gasteiger charge is 2.32. The Bertz CT molecular complexity index is 722. The van der Waals surface area contributed by atoms with Gasteiger partial charge in [-0.3, -0.25) is 10.1 Å². The molecule has 0 bridgehead atoms. The van der Waals surface area contributed by atoms with E-state index in [-0.39, 0.29) is 12.0 Å². The van der Waals surface area contributed by atoms with Crippen molar-refractivity contribution in [3.8, 4) is 17.2 Å². The zero-order valence-electron chi connectivity index (χ0n) is 14.4. The van der Waals surface area contributed by atoms with E-state index >= 15 is 0 Å². The van der Waals surface area contributed by atoms with Crippen molar-refractivity contribution in [3.05, 3.63) is 53.6 Å². The lowest BCUT2D eigenvalue weighted by molar-refractivity contribution is 0.0908. The second-order valence-electron chi connectivity index (χ2n) is 5.62. The van der Waals surface area contributed by atoms with Crippen LogP contribution >= 0.6 is 0 Å². The van der Waals surface area contributed by atoms with Gasteiger partial charge < -0.3 is 18.9 Å². The Morgan fingerprint density at radius 3 is 2.24 bits per heavy atom. The van der Waals surface area contributed by atoms with Crippen molar-refractivity contribution in [1.82, 2.24) is 5.32 Å². The highest BCUT2D eigenvalue weighted by Crippen LogP contribution is 2.38. The third-order valence-corrected chi connectivity index (χ3v) is 4.15. The molecular weight excluding hydrogens is 322 g/mol. The zero-order chi connectivity index (χ0) is 17.8. The van der Waals surface area contributed by atoms with E-state index in [4.69, 9.17) is 18.9 Å². The van der Waals surface area contributed by atoms with Crippen LogP contribution in [0.15, 0.2) is 42.5 Å². The minimum Gasteiger partial charge on any atom is -0.493 e. The Kier molecular flexibility index (Phi) is 5.21. The van der Waals surface area contributed by atoms with E-state index in [1.807, 2.05) is 30.3 Å². The van der Waals surface area contributed by atoms with E-state index in [1.165, 1.54) is 21.3 Å². The molecule has 1 heterocycles. The van der Waals surface area contributed by atoms with Gasteiger partial charge in [-0.05, 0) is 17.7 Å². The van der Waals surface area contributed by atoms with Crippen LogP contribution in [0, 0.1) is 0 Å². The predicted octanol–water partition coefficient (Wildman–Crippen LogP) is 2.58. The largest absolute Gasteiger partial charge is 0.493 e. The topological polar surface area (TPSA) is 66.0 Å². The summed E-state index contributed by atoms with van der Waals surface area (Å²) in [5, 5.41) is 3.22. The predicted molar refractivity (Wildman–Crippen MR) is 92.5 cm³/mol. The number of hydrogen-bond acceptors (Lipinski definition) is 6. The lowest BCUT2D eigenvalue weighted by Gasteiger charge is -2.15. The quantitative estimate of drug-likeness (QED) is 0.813. The summed E-state index contributed by atoms with van der Waals surface area (Å²) in [7, 11) is 4.57. The first kappa shape index (κ1) is 17.3. The maximum atomic E-state index is 12.9. The number of benzene rings is 2. The molecule has 132 valence electrons. The number of rotatable bonds is 6. The van der Waals surface area contributed by atoms with Crippen LogP contribution < -0.4 is 19.5 Å². The molecular formula is C19H21NO5. The SMILES string of the molecule is COc1cc(C(=O)C2COC(c3ccccc3)N2)cc(OC)c1OC. The molecule has 1 aliphatic rings. The van der Waals surface area contributed by atoms with Crippen molar-refractivity contribution < 1.29 is 23.7 Å². The normalized spacial score (nSPS) is 19.5. The Labute approximate surface area is 146 Å². The number of Topliss-reactive ketones (excluding diaryl/α,β-unsaturated/α-hetero) is 1. The monoisotopic (exact) mass is 343 g/mol. The second kappa shape index (κ2) is 7.55. The fraction of sp³-hybridized carbons (Fsp3) is 0.316. The third-order valence-electron chi connectivity index (χ3n) is 4.15. The molecule has 0 amide bonds. The molecule has 2 aromatic rings. The van der Waals surface area contributed by atoms with E-state index in [0.717, 1.165) is 5.56 Å². The molecule has 2 aromatic carbocycles. The molecule has 0 radical (unpaired) electrons. The number of ether oxygens (including phenoxy) is 4. The van der Waals surface area contributed by atoms with E-state index in [0.29, 0.717) is 29.4 Å². The van der Waals surface area contributed by atoms with Crippen molar-refractivity contribution in [3.63, 3.8) is 0 Å². The Balaban J connectivity index is 1.82. The smallest absolute Gasteiger partial charge is 0.203 e. The van der Waals surface area contributed by atoms with Crippen molar-refractivity contribution in [2.24, 2.45) is 0 Å². The lowest BCUT2D eigenvalue weighted by Crippen LogP contribution is -2.34. The molecule has 0 aliphatic carbocycles. The van der Waals surface area contributed by atoms with E-state index in [2.05, 4.69) is 5.32 Å². The van der Waals surface area contributed by atoms with Gasteiger partial charge in [-0.1, -0.05) is 30.3 Å². The molecule has 6 heteroatoms. The molecule has 2 unspecified atom stereocenters. The van der Waals surface area contributed by atoms with Crippen LogP contribution in [0.4, 0.5) is 0 Å². The molecule has 0 spiro atoms. The number of carbonyl (C=O) groups excluding carboxylic acids is 1. The van der Waals surface area contributed by atoms with Crippen LogP contribution in [0.2, 0.25) is 0 Å². The Morgan fingerprint density at radius 1 is 1.04 bits per heavy atom. The molecule has 1 fully saturated rings. The van der Waals surface area contributed by atoms with E-state index in [9.17, 15) is 4.79 Å². The average molecular weight is 343 g/mol. The molecule has 1 aliphatic heterocycles. The maximum absolute atomic E-state index is 12.9. The first-order valence-corrected chi connectivity index (χ1v) is 7.94. The minimum atomic E-state index is -0.437. The fourth-order valence-corrected chi connectivity index (χ4v) is 2.87. The number of methoxy groups -OCH3 is 3. The maximum Gasteiger partial charge on any atom is 0.203 e.